The maximum absolute atomic E-state index is 3.47. The summed E-state index contributed by atoms with van der Waals surface area (Å²) in [5, 5.41) is 6.91. The van der Waals surface area contributed by atoms with Crippen molar-refractivity contribution in [1.29, 1.82) is 0 Å². The standard InChI is InChI=1S/C11H23N3/c1-2-11(3-5-12-6-4-11)14-9-7-13-8-10-14/h12-13H,2-10H2,1H3. The van der Waals surface area contributed by atoms with Crippen LogP contribution in [0, 0.1) is 0 Å². The fraction of sp³-hybridized carbons (Fsp3) is 1.00. The Morgan fingerprint density at radius 3 is 2.14 bits per heavy atom. The third-order valence-electron chi connectivity index (χ3n) is 3.98. The lowest BCUT2D eigenvalue weighted by Gasteiger charge is -2.48. The Bertz CT molecular complexity index is 169. The van der Waals surface area contributed by atoms with E-state index >= 15 is 0 Å². The molecule has 2 heterocycles. The van der Waals surface area contributed by atoms with E-state index in [-0.39, 0.29) is 0 Å². The van der Waals surface area contributed by atoms with E-state index in [1.807, 2.05) is 0 Å². The van der Waals surface area contributed by atoms with Gasteiger partial charge >= 0.3 is 0 Å². The van der Waals surface area contributed by atoms with E-state index in [0.717, 1.165) is 0 Å². The van der Waals surface area contributed by atoms with Crippen LogP contribution in [-0.4, -0.2) is 49.7 Å². The molecular formula is C11H23N3. The van der Waals surface area contributed by atoms with Crippen LogP contribution in [0.5, 0.6) is 0 Å². The van der Waals surface area contributed by atoms with Gasteiger partial charge in [-0.1, -0.05) is 6.92 Å². The summed E-state index contributed by atoms with van der Waals surface area (Å²) in [6, 6.07) is 0. The van der Waals surface area contributed by atoms with Gasteiger partial charge in [-0.15, -0.1) is 0 Å². The summed E-state index contributed by atoms with van der Waals surface area (Å²) in [6.45, 7) is 9.61. The molecule has 2 aliphatic rings. The van der Waals surface area contributed by atoms with Crippen molar-refractivity contribution in [2.24, 2.45) is 0 Å². The predicted molar refractivity (Wildman–Crippen MR) is 59.6 cm³/mol. The highest BCUT2D eigenvalue weighted by molar-refractivity contribution is 4.94. The van der Waals surface area contributed by atoms with E-state index in [1.54, 1.807) is 0 Å². The first kappa shape index (κ1) is 10.4. The van der Waals surface area contributed by atoms with Crippen molar-refractivity contribution >= 4 is 0 Å². The number of hydrogen-bond acceptors (Lipinski definition) is 3. The van der Waals surface area contributed by atoms with E-state index in [2.05, 4.69) is 22.5 Å². The fourth-order valence-corrected chi connectivity index (χ4v) is 2.92. The highest BCUT2D eigenvalue weighted by atomic mass is 15.2. The Hall–Kier alpha value is -0.120. The van der Waals surface area contributed by atoms with Gasteiger partial charge in [-0.05, 0) is 32.4 Å². The average Bonchev–Trinajstić information content (AvgIpc) is 2.31. The first-order chi connectivity index (χ1) is 6.87. The van der Waals surface area contributed by atoms with Crippen LogP contribution in [0.1, 0.15) is 26.2 Å². The second-order valence-corrected chi connectivity index (χ2v) is 4.56. The minimum atomic E-state index is 0.521. The molecular weight excluding hydrogens is 174 g/mol. The molecule has 2 rings (SSSR count). The van der Waals surface area contributed by atoms with E-state index < -0.39 is 0 Å². The van der Waals surface area contributed by atoms with Crippen molar-refractivity contribution in [1.82, 2.24) is 15.5 Å². The third kappa shape index (κ3) is 1.95. The molecule has 0 unspecified atom stereocenters. The Labute approximate surface area is 87.2 Å². The summed E-state index contributed by atoms with van der Waals surface area (Å²) in [5.41, 5.74) is 0.521. The molecule has 0 aromatic heterocycles. The van der Waals surface area contributed by atoms with E-state index in [9.17, 15) is 0 Å². The molecule has 0 aromatic rings. The molecule has 2 aliphatic heterocycles. The number of nitrogens with one attached hydrogen (secondary N) is 2. The molecule has 2 N–H and O–H groups in total. The number of nitrogens with zero attached hydrogens (tertiary/aromatic N) is 1. The molecule has 3 nitrogen and oxygen atoms in total. The number of piperazine rings is 1. The summed E-state index contributed by atoms with van der Waals surface area (Å²) in [4.78, 5) is 2.73. The monoisotopic (exact) mass is 197 g/mol. The molecule has 0 bridgehead atoms. The summed E-state index contributed by atoms with van der Waals surface area (Å²) >= 11 is 0. The van der Waals surface area contributed by atoms with Crippen molar-refractivity contribution < 1.29 is 0 Å². The lowest BCUT2D eigenvalue weighted by atomic mass is 9.83. The molecule has 82 valence electrons. The van der Waals surface area contributed by atoms with Gasteiger partial charge in [-0.2, -0.15) is 0 Å². The first-order valence-electron chi connectivity index (χ1n) is 6.04. The highest BCUT2D eigenvalue weighted by Crippen LogP contribution is 2.29. The molecule has 0 aromatic carbocycles. The zero-order valence-electron chi connectivity index (χ0n) is 9.31. The molecule has 0 amide bonds. The van der Waals surface area contributed by atoms with Crippen molar-refractivity contribution in [3.8, 4) is 0 Å². The molecule has 14 heavy (non-hydrogen) atoms. The zero-order valence-corrected chi connectivity index (χ0v) is 9.31. The first-order valence-corrected chi connectivity index (χ1v) is 6.04. The largest absolute Gasteiger partial charge is 0.317 e. The molecule has 2 saturated heterocycles. The van der Waals surface area contributed by atoms with Crippen molar-refractivity contribution in [2.45, 2.75) is 31.7 Å². The van der Waals surface area contributed by atoms with Crippen molar-refractivity contribution in [3.05, 3.63) is 0 Å². The van der Waals surface area contributed by atoms with Gasteiger partial charge in [0.25, 0.3) is 0 Å². The van der Waals surface area contributed by atoms with E-state index in [4.69, 9.17) is 0 Å². The Kier molecular flexibility index (Phi) is 3.42. The smallest absolute Gasteiger partial charge is 0.0232 e. The fourth-order valence-electron chi connectivity index (χ4n) is 2.92. The van der Waals surface area contributed by atoms with Crippen LogP contribution in [-0.2, 0) is 0 Å². The van der Waals surface area contributed by atoms with Gasteiger partial charge in [-0.25, -0.2) is 0 Å². The Balaban J connectivity index is 2.01. The minimum Gasteiger partial charge on any atom is -0.317 e. The van der Waals surface area contributed by atoms with Gasteiger partial charge in [0.1, 0.15) is 0 Å². The van der Waals surface area contributed by atoms with Crippen LogP contribution in [0.2, 0.25) is 0 Å². The van der Waals surface area contributed by atoms with Gasteiger partial charge in [0, 0.05) is 31.7 Å². The SMILES string of the molecule is CCC1(N2CCNCC2)CCNCC1. The summed E-state index contributed by atoms with van der Waals surface area (Å²) in [7, 11) is 0. The second kappa shape index (κ2) is 4.60. The van der Waals surface area contributed by atoms with Gasteiger partial charge < -0.3 is 10.6 Å². The van der Waals surface area contributed by atoms with E-state index in [1.165, 1.54) is 58.5 Å². The molecule has 0 atom stereocenters. The summed E-state index contributed by atoms with van der Waals surface area (Å²) in [5.74, 6) is 0. The Morgan fingerprint density at radius 2 is 1.57 bits per heavy atom. The lowest BCUT2D eigenvalue weighted by Crippen LogP contribution is -2.59. The molecule has 0 spiro atoms. The molecule has 0 saturated carbocycles. The predicted octanol–water partition coefficient (Wildman–Crippen LogP) is 0.424. The topological polar surface area (TPSA) is 27.3 Å². The van der Waals surface area contributed by atoms with Crippen molar-refractivity contribution in [2.75, 3.05) is 39.3 Å². The maximum atomic E-state index is 3.47. The minimum absolute atomic E-state index is 0.521. The molecule has 3 heteroatoms. The number of hydrogen-bond donors (Lipinski definition) is 2. The van der Waals surface area contributed by atoms with Gasteiger partial charge in [0.05, 0.1) is 0 Å². The van der Waals surface area contributed by atoms with Crippen LogP contribution in [0.3, 0.4) is 0 Å². The number of piperidine rings is 1. The van der Waals surface area contributed by atoms with Crippen LogP contribution < -0.4 is 10.6 Å². The molecule has 0 radical (unpaired) electrons. The Morgan fingerprint density at radius 1 is 1.00 bits per heavy atom. The van der Waals surface area contributed by atoms with Gasteiger partial charge in [-0.3, -0.25) is 4.90 Å². The summed E-state index contributed by atoms with van der Waals surface area (Å²) < 4.78 is 0. The lowest BCUT2D eigenvalue weighted by molar-refractivity contribution is 0.0416. The van der Waals surface area contributed by atoms with Crippen LogP contribution in [0.15, 0.2) is 0 Å². The normalized spacial score (nSPS) is 28.9. The van der Waals surface area contributed by atoms with Crippen molar-refractivity contribution in [3.63, 3.8) is 0 Å². The summed E-state index contributed by atoms with van der Waals surface area (Å²) in [6.07, 6.45) is 3.99. The van der Waals surface area contributed by atoms with Gasteiger partial charge in [0.2, 0.25) is 0 Å². The van der Waals surface area contributed by atoms with Crippen LogP contribution in [0.4, 0.5) is 0 Å². The van der Waals surface area contributed by atoms with Crippen LogP contribution >= 0.6 is 0 Å². The van der Waals surface area contributed by atoms with E-state index in [0.29, 0.717) is 5.54 Å². The maximum Gasteiger partial charge on any atom is 0.0232 e. The zero-order chi connectivity index (χ0) is 9.86. The number of rotatable bonds is 2. The van der Waals surface area contributed by atoms with Gasteiger partial charge in [0.15, 0.2) is 0 Å². The second-order valence-electron chi connectivity index (χ2n) is 4.56. The highest BCUT2D eigenvalue weighted by Gasteiger charge is 2.36. The molecule has 0 aliphatic carbocycles. The average molecular weight is 197 g/mol. The quantitative estimate of drug-likeness (QED) is 0.672. The molecule has 2 fully saturated rings. The third-order valence-corrected chi connectivity index (χ3v) is 3.98. The van der Waals surface area contributed by atoms with Crippen LogP contribution in [0.25, 0.3) is 0 Å².